The Morgan fingerprint density at radius 3 is 2.64 bits per heavy atom. The van der Waals surface area contributed by atoms with Gasteiger partial charge in [0.2, 0.25) is 5.95 Å². The second kappa shape index (κ2) is 7.06. The summed E-state index contributed by atoms with van der Waals surface area (Å²) in [6.45, 7) is 3.77. The van der Waals surface area contributed by atoms with Gasteiger partial charge in [-0.25, -0.2) is 4.98 Å². The van der Waals surface area contributed by atoms with Gasteiger partial charge in [0.1, 0.15) is 5.69 Å². The van der Waals surface area contributed by atoms with E-state index in [0.29, 0.717) is 5.41 Å². The Morgan fingerprint density at radius 1 is 1.03 bits per heavy atom. The Morgan fingerprint density at radius 2 is 1.88 bits per heavy atom. The van der Waals surface area contributed by atoms with Gasteiger partial charge >= 0.3 is 0 Å². The van der Waals surface area contributed by atoms with Crippen molar-refractivity contribution in [3.8, 4) is 11.8 Å². The molecule has 0 amide bonds. The average molecular weight is 439 g/mol. The van der Waals surface area contributed by atoms with Gasteiger partial charge in [-0.05, 0) is 49.0 Å². The Balaban J connectivity index is 1.25. The molecule has 4 aromatic rings. The maximum atomic E-state index is 5.70. The molecule has 0 bridgehead atoms. The molecule has 2 aliphatic heterocycles. The highest BCUT2D eigenvalue weighted by Gasteiger charge is 2.43. The molecular formula is C26H26N6O. The predicted molar refractivity (Wildman–Crippen MR) is 126 cm³/mol. The van der Waals surface area contributed by atoms with Crippen LogP contribution in [-0.4, -0.2) is 50.9 Å². The van der Waals surface area contributed by atoms with E-state index in [1.54, 1.807) is 0 Å². The summed E-state index contributed by atoms with van der Waals surface area (Å²) >= 11 is 0. The zero-order valence-corrected chi connectivity index (χ0v) is 18.5. The van der Waals surface area contributed by atoms with E-state index in [1.165, 1.54) is 12.0 Å². The van der Waals surface area contributed by atoms with Crippen LogP contribution in [0.2, 0.25) is 0 Å². The Hall–Kier alpha value is -3.37. The van der Waals surface area contributed by atoms with Crippen molar-refractivity contribution in [2.45, 2.75) is 37.5 Å². The van der Waals surface area contributed by atoms with E-state index < -0.39 is 0 Å². The maximum absolute atomic E-state index is 5.70. The van der Waals surface area contributed by atoms with Crippen molar-refractivity contribution < 1.29 is 4.74 Å². The highest BCUT2D eigenvalue weighted by molar-refractivity contribution is 5.94. The van der Waals surface area contributed by atoms with Crippen molar-refractivity contribution in [3.05, 3.63) is 54.0 Å². The van der Waals surface area contributed by atoms with E-state index >= 15 is 0 Å². The van der Waals surface area contributed by atoms with Crippen LogP contribution in [0, 0.1) is 17.3 Å². The number of hydrogen-bond donors (Lipinski definition) is 1. The second-order valence-corrected chi connectivity index (χ2v) is 9.82. The Kier molecular flexibility index (Phi) is 4.09. The summed E-state index contributed by atoms with van der Waals surface area (Å²) in [5.41, 5.74) is 3.95. The van der Waals surface area contributed by atoms with Gasteiger partial charge in [0, 0.05) is 32.1 Å². The lowest BCUT2D eigenvalue weighted by Crippen LogP contribution is -2.41. The number of H-pyrrole nitrogens is 1. The lowest BCUT2D eigenvalue weighted by Gasteiger charge is -2.38. The van der Waals surface area contributed by atoms with Crippen molar-refractivity contribution in [1.29, 1.82) is 0 Å². The fraction of sp³-hybridized carbons (Fsp3) is 0.423. The van der Waals surface area contributed by atoms with Gasteiger partial charge in [0.25, 0.3) is 0 Å². The summed E-state index contributed by atoms with van der Waals surface area (Å²) < 4.78 is 7.79. The summed E-state index contributed by atoms with van der Waals surface area (Å²) in [6, 6.07) is 10.6. The molecule has 3 aromatic heterocycles. The van der Waals surface area contributed by atoms with E-state index in [4.69, 9.17) is 9.72 Å². The summed E-state index contributed by atoms with van der Waals surface area (Å²) in [6.07, 6.45) is 9.49. The smallest absolute Gasteiger partial charge is 0.213 e. The van der Waals surface area contributed by atoms with Crippen LogP contribution in [0.1, 0.15) is 43.4 Å². The van der Waals surface area contributed by atoms with E-state index in [0.717, 1.165) is 80.3 Å². The summed E-state index contributed by atoms with van der Waals surface area (Å²) in [5.74, 6) is 7.82. The fourth-order valence-electron chi connectivity index (χ4n) is 5.51. The number of benzene rings is 1. The average Bonchev–Trinajstić information content (AvgIpc) is 3.19. The second-order valence-electron chi connectivity index (χ2n) is 9.82. The van der Waals surface area contributed by atoms with Crippen LogP contribution in [0.15, 0.2) is 42.7 Å². The van der Waals surface area contributed by atoms with E-state index in [1.807, 2.05) is 12.4 Å². The van der Waals surface area contributed by atoms with Crippen LogP contribution in [0.5, 0.6) is 0 Å². The molecule has 1 N–H and O–H groups in total. The van der Waals surface area contributed by atoms with E-state index in [-0.39, 0.29) is 5.41 Å². The number of hydrogen-bond acceptors (Lipinski definition) is 5. The molecule has 33 heavy (non-hydrogen) atoms. The number of rotatable bonds is 2. The molecule has 0 atom stereocenters. The van der Waals surface area contributed by atoms with Crippen LogP contribution in [-0.2, 0) is 10.2 Å². The number of aromatic amines is 1. The minimum absolute atomic E-state index is 0.0423. The minimum atomic E-state index is -0.0423. The summed E-state index contributed by atoms with van der Waals surface area (Å²) in [7, 11) is 0. The van der Waals surface area contributed by atoms with Crippen LogP contribution in [0.3, 0.4) is 0 Å². The molecule has 7 nitrogen and oxygen atoms in total. The first-order valence-electron chi connectivity index (χ1n) is 11.9. The van der Waals surface area contributed by atoms with Crippen molar-refractivity contribution >= 4 is 22.6 Å². The SMILES string of the molecule is C(#CC1(c2ccccc2)CC1)c1n[nH]c2nc(N3CCC4(CCOC4)CC3)n3ccnc3c12. The summed E-state index contributed by atoms with van der Waals surface area (Å²) in [4.78, 5) is 12.0. The first-order valence-corrected chi connectivity index (χ1v) is 11.9. The van der Waals surface area contributed by atoms with Gasteiger partial charge in [0.05, 0.1) is 17.4 Å². The van der Waals surface area contributed by atoms with Crippen molar-refractivity contribution in [3.63, 3.8) is 0 Å². The molecule has 5 heterocycles. The first-order chi connectivity index (χ1) is 16.3. The quantitative estimate of drug-likeness (QED) is 0.483. The number of ether oxygens (including phenoxy) is 1. The molecular weight excluding hydrogens is 412 g/mol. The molecule has 7 heteroatoms. The van der Waals surface area contributed by atoms with E-state index in [9.17, 15) is 0 Å². The highest BCUT2D eigenvalue weighted by atomic mass is 16.5. The lowest BCUT2D eigenvalue weighted by molar-refractivity contribution is 0.133. The highest BCUT2D eigenvalue weighted by Crippen LogP contribution is 2.47. The third-order valence-electron chi connectivity index (χ3n) is 7.83. The Bertz CT molecular complexity index is 1390. The predicted octanol–water partition coefficient (Wildman–Crippen LogP) is 3.70. The first kappa shape index (κ1) is 19.1. The van der Waals surface area contributed by atoms with E-state index in [2.05, 4.69) is 66.7 Å². The molecule has 166 valence electrons. The molecule has 1 aliphatic carbocycles. The number of aromatic nitrogens is 5. The molecule has 1 aromatic carbocycles. The normalized spacial score (nSPS) is 20.9. The van der Waals surface area contributed by atoms with Gasteiger partial charge in [-0.2, -0.15) is 10.1 Å². The van der Waals surface area contributed by atoms with Gasteiger partial charge in [-0.3, -0.25) is 9.50 Å². The fourth-order valence-corrected chi connectivity index (χ4v) is 5.51. The third-order valence-corrected chi connectivity index (χ3v) is 7.83. The molecule has 3 aliphatic rings. The molecule has 7 rings (SSSR count). The molecule has 0 unspecified atom stereocenters. The number of fused-ring (bicyclic) bond motifs is 3. The zero-order valence-electron chi connectivity index (χ0n) is 18.5. The molecule has 1 spiro atoms. The Labute approximate surface area is 192 Å². The zero-order chi connectivity index (χ0) is 21.9. The minimum Gasteiger partial charge on any atom is -0.381 e. The largest absolute Gasteiger partial charge is 0.381 e. The topological polar surface area (TPSA) is 71.3 Å². The lowest BCUT2D eigenvalue weighted by atomic mass is 9.78. The number of nitrogens with one attached hydrogen (secondary N) is 1. The van der Waals surface area contributed by atoms with Crippen molar-refractivity contribution in [2.75, 3.05) is 31.2 Å². The monoisotopic (exact) mass is 438 g/mol. The standard InChI is InChI=1S/C26H26N6O/c1-2-4-19(5-3-1)26(8-9-26)7-6-20-21-22(30-29-20)28-24(32-16-13-27-23(21)32)31-14-10-25(11-15-31)12-17-33-18-25/h1-5,13,16H,8-12,14-15,17-18H2,(H,29,30). The third kappa shape index (κ3) is 3.05. The number of nitrogens with zero attached hydrogens (tertiary/aromatic N) is 5. The molecule has 1 saturated carbocycles. The van der Waals surface area contributed by atoms with Crippen LogP contribution in [0.4, 0.5) is 5.95 Å². The van der Waals surface area contributed by atoms with Crippen molar-refractivity contribution in [2.24, 2.45) is 5.41 Å². The van der Waals surface area contributed by atoms with Gasteiger partial charge in [-0.15, -0.1) is 0 Å². The number of imidazole rings is 1. The number of anilines is 1. The van der Waals surface area contributed by atoms with Gasteiger partial charge in [0.15, 0.2) is 11.3 Å². The van der Waals surface area contributed by atoms with Gasteiger partial charge < -0.3 is 9.64 Å². The maximum Gasteiger partial charge on any atom is 0.213 e. The van der Waals surface area contributed by atoms with Crippen LogP contribution >= 0.6 is 0 Å². The van der Waals surface area contributed by atoms with Crippen LogP contribution in [0.25, 0.3) is 16.7 Å². The summed E-state index contributed by atoms with van der Waals surface area (Å²) in [5, 5.41) is 8.58. The van der Waals surface area contributed by atoms with Crippen LogP contribution < -0.4 is 4.90 Å². The van der Waals surface area contributed by atoms with Gasteiger partial charge in [-0.1, -0.05) is 36.3 Å². The molecule has 0 radical (unpaired) electrons. The number of piperidine rings is 1. The molecule has 3 fully saturated rings. The molecule has 2 saturated heterocycles. The van der Waals surface area contributed by atoms with Crippen molar-refractivity contribution in [1.82, 2.24) is 24.6 Å².